The van der Waals surface area contributed by atoms with E-state index in [1.165, 1.54) is 11.8 Å². The molecule has 7 nitrogen and oxygen atoms in total. The molecule has 0 radical (unpaired) electrons. The minimum atomic E-state index is -0.635. The van der Waals surface area contributed by atoms with Crippen LogP contribution in [0.2, 0.25) is 10.0 Å². The molecule has 4 atom stereocenters. The standard InChI is InChI=1S/C36H45Cl2N5O2S/c1-7-27-16-17-29(33(44)41(6)28-18-20-40(5)21-19-28)42(27)34(45)31-30(22(2)3)43-32(23-8-12-25(37)13-9-23)36(4,39-35(43)46-31)24-10-14-26(38)15-11-24/h8-15,22,27-29,32H,7,16-21H2,1-6H3/t27-,29+,32?,36?/m1/s1. The van der Waals surface area contributed by atoms with Gasteiger partial charge in [0.25, 0.3) is 5.91 Å². The molecule has 46 heavy (non-hydrogen) atoms. The number of rotatable bonds is 7. The molecule has 0 spiro atoms. The van der Waals surface area contributed by atoms with Crippen molar-refractivity contribution in [3.05, 3.63) is 80.3 Å². The lowest BCUT2D eigenvalue weighted by Gasteiger charge is -2.39. The van der Waals surface area contributed by atoms with E-state index >= 15 is 0 Å². The highest BCUT2D eigenvalue weighted by Gasteiger charge is 2.54. The number of carbonyl (C=O) groups excluding carboxylic acids is 2. The van der Waals surface area contributed by atoms with E-state index in [2.05, 4.69) is 56.7 Å². The van der Waals surface area contributed by atoms with Gasteiger partial charge in [0.2, 0.25) is 5.91 Å². The van der Waals surface area contributed by atoms with Crippen LogP contribution in [-0.4, -0.2) is 81.9 Å². The first-order valence-corrected chi connectivity index (χ1v) is 18.1. The fourth-order valence-corrected chi connectivity index (χ4v) is 9.42. The summed E-state index contributed by atoms with van der Waals surface area (Å²) in [6, 6.07) is 15.4. The van der Waals surface area contributed by atoms with Gasteiger partial charge in [-0.15, -0.1) is 0 Å². The lowest BCUT2D eigenvalue weighted by Crippen LogP contribution is -2.53. The van der Waals surface area contributed by atoms with Gasteiger partial charge in [0.15, 0.2) is 5.17 Å². The summed E-state index contributed by atoms with van der Waals surface area (Å²) in [5.74, 6) is 0.0642. The third-order valence-corrected chi connectivity index (χ3v) is 12.0. The van der Waals surface area contributed by atoms with Crippen molar-refractivity contribution < 1.29 is 9.59 Å². The summed E-state index contributed by atoms with van der Waals surface area (Å²) in [4.78, 5) is 43.5. The van der Waals surface area contributed by atoms with Crippen molar-refractivity contribution in [2.24, 2.45) is 10.9 Å². The number of nitrogens with zero attached hydrogens (tertiary/aromatic N) is 5. The maximum atomic E-state index is 14.8. The van der Waals surface area contributed by atoms with Gasteiger partial charge in [0, 0.05) is 34.9 Å². The number of benzene rings is 2. The first-order chi connectivity index (χ1) is 21.9. The fraction of sp³-hybridized carbons (Fsp3) is 0.528. The Bertz CT molecular complexity index is 1540. The van der Waals surface area contributed by atoms with Gasteiger partial charge in [-0.25, -0.2) is 4.99 Å². The highest BCUT2D eigenvalue weighted by molar-refractivity contribution is 8.18. The van der Waals surface area contributed by atoms with Gasteiger partial charge < -0.3 is 19.6 Å². The Kier molecular flexibility index (Phi) is 9.56. The van der Waals surface area contributed by atoms with Crippen LogP contribution in [0.15, 0.2) is 64.1 Å². The number of amidine groups is 1. The molecule has 2 saturated heterocycles. The zero-order chi connectivity index (χ0) is 32.9. The molecule has 2 aromatic rings. The topological polar surface area (TPSA) is 59.5 Å². The molecule has 4 heterocycles. The van der Waals surface area contributed by atoms with Crippen LogP contribution in [0, 0.1) is 5.92 Å². The van der Waals surface area contributed by atoms with E-state index in [1.54, 1.807) is 0 Å². The lowest BCUT2D eigenvalue weighted by atomic mass is 9.81. The molecule has 2 fully saturated rings. The average molecular weight is 683 g/mol. The summed E-state index contributed by atoms with van der Waals surface area (Å²) in [6.07, 6.45) is 4.27. The van der Waals surface area contributed by atoms with Crippen molar-refractivity contribution in [2.75, 3.05) is 27.2 Å². The Hall–Kier alpha value is -2.52. The fourth-order valence-electron chi connectivity index (χ4n) is 7.81. The van der Waals surface area contributed by atoms with Crippen LogP contribution >= 0.6 is 35.0 Å². The maximum absolute atomic E-state index is 14.8. The van der Waals surface area contributed by atoms with E-state index in [0.29, 0.717) is 21.4 Å². The number of piperidine rings is 1. The van der Waals surface area contributed by atoms with Crippen molar-refractivity contribution in [3.63, 3.8) is 0 Å². The molecule has 4 aliphatic heterocycles. The monoisotopic (exact) mass is 681 g/mol. The Labute approximate surface area is 288 Å². The van der Waals surface area contributed by atoms with Gasteiger partial charge in [0.1, 0.15) is 16.5 Å². The first-order valence-electron chi connectivity index (χ1n) is 16.5. The minimum absolute atomic E-state index is 0.0256. The van der Waals surface area contributed by atoms with Crippen LogP contribution in [0.3, 0.4) is 0 Å². The van der Waals surface area contributed by atoms with Crippen LogP contribution < -0.4 is 0 Å². The number of likely N-dealkylation sites (N-methyl/N-ethyl adjacent to an activating group) is 1. The predicted molar refractivity (Wildman–Crippen MR) is 189 cm³/mol. The Morgan fingerprint density at radius 3 is 2.20 bits per heavy atom. The second-order valence-corrected chi connectivity index (χ2v) is 15.5. The predicted octanol–water partition coefficient (Wildman–Crippen LogP) is 7.56. The zero-order valence-electron chi connectivity index (χ0n) is 27.7. The number of hydrogen-bond acceptors (Lipinski definition) is 6. The third kappa shape index (κ3) is 5.88. The summed E-state index contributed by atoms with van der Waals surface area (Å²) in [7, 11) is 4.06. The van der Waals surface area contributed by atoms with Gasteiger partial charge in [-0.2, -0.15) is 0 Å². The third-order valence-electron chi connectivity index (χ3n) is 10.4. The highest BCUT2D eigenvalue weighted by atomic mass is 35.5. The van der Waals surface area contributed by atoms with Crippen molar-refractivity contribution in [1.82, 2.24) is 19.6 Å². The summed E-state index contributed by atoms with van der Waals surface area (Å²) >= 11 is 14.1. The van der Waals surface area contributed by atoms with E-state index in [9.17, 15) is 9.59 Å². The van der Waals surface area contributed by atoms with Crippen molar-refractivity contribution in [2.45, 2.75) is 89.5 Å². The second kappa shape index (κ2) is 13.2. The molecule has 2 amide bonds. The largest absolute Gasteiger partial charge is 0.341 e. The lowest BCUT2D eigenvalue weighted by molar-refractivity contribution is -0.144. The van der Waals surface area contributed by atoms with Crippen molar-refractivity contribution in [1.29, 1.82) is 0 Å². The van der Waals surface area contributed by atoms with Gasteiger partial charge in [0.05, 0.1) is 6.04 Å². The number of fused-ring (bicyclic) bond motifs is 1. The average Bonchev–Trinajstić information content (AvgIpc) is 3.71. The van der Waals surface area contributed by atoms with Crippen LogP contribution in [0.25, 0.3) is 0 Å². The smallest absolute Gasteiger partial charge is 0.263 e. The second-order valence-electron chi connectivity index (χ2n) is 13.7. The molecule has 0 bridgehead atoms. The van der Waals surface area contributed by atoms with Crippen LogP contribution in [0.5, 0.6) is 0 Å². The number of likely N-dealkylation sites (tertiary alicyclic amines) is 2. The molecule has 2 unspecified atom stereocenters. The summed E-state index contributed by atoms with van der Waals surface area (Å²) in [5.41, 5.74) is 2.43. The van der Waals surface area contributed by atoms with E-state index in [1.807, 2.05) is 53.2 Å². The maximum Gasteiger partial charge on any atom is 0.263 e. The highest BCUT2D eigenvalue weighted by Crippen LogP contribution is 2.56. The van der Waals surface area contributed by atoms with Crippen molar-refractivity contribution >= 4 is 51.9 Å². The minimum Gasteiger partial charge on any atom is -0.341 e. The SMILES string of the molecule is CC[C@@H]1CC[C@@H](C(=O)N(C)C2CCN(C)CC2)N1C(=O)C1=C(C(C)C)N2C(=NC(C)(c3ccc(Cl)cc3)C2c2ccc(Cl)cc2)S1. The number of carbonyl (C=O) groups is 2. The molecular formula is C36H45Cl2N5O2S. The number of thioether (sulfide) groups is 1. The molecule has 10 heteroatoms. The quantitative estimate of drug-likeness (QED) is 0.302. The Balaban J connectivity index is 1.38. The van der Waals surface area contributed by atoms with Gasteiger partial charge in [-0.1, -0.05) is 68.2 Å². The normalized spacial score (nSPS) is 27.1. The van der Waals surface area contributed by atoms with Gasteiger partial charge >= 0.3 is 0 Å². The summed E-state index contributed by atoms with van der Waals surface area (Å²) in [5, 5.41) is 2.15. The molecule has 2 aromatic carbocycles. The molecule has 0 saturated carbocycles. The van der Waals surface area contributed by atoms with E-state index in [0.717, 1.165) is 60.8 Å². The number of aliphatic imine (C=N–C) groups is 1. The number of halogens is 2. The van der Waals surface area contributed by atoms with Crippen molar-refractivity contribution in [3.8, 4) is 0 Å². The van der Waals surface area contributed by atoms with E-state index < -0.39 is 11.6 Å². The molecule has 4 aliphatic rings. The zero-order valence-corrected chi connectivity index (χ0v) is 30.0. The van der Waals surface area contributed by atoms with Crippen LogP contribution in [0.1, 0.15) is 77.0 Å². The number of allylic oxidation sites excluding steroid dienone is 1. The van der Waals surface area contributed by atoms with E-state index in [4.69, 9.17) is 28.2 Å². The molecule has 6 rings (SSSR count). The van der Waals surface area contributed by atoms with Crippen LogP contribution in [-0.2, 0) is 15.1 Å². The molecule has 246 valence electrons. The molecule has 0 aliphatic carbocycles. The van der Waals surface area contributed by atoms with Gasteiger partial charge in [-0.3, -0.25) is 9.59 Å². The number of hydrogen-bond donors (Lipinski definition) is 0. The molecule has 0 aromatic heterocycles. The number of amides is 2. The van der Waals surface area contributed by atoms with Crippen LogP contribution in [0.4, 0.5) is 0 Å². The summed E-state index contributed by atoms with van der Waals surface area (Å²) in [6.45, 7) is 10.5. The molecule has 0 N–H and O–H groups in total. The summed E-state index contributed by atoms with van der Waals surface area (Å²) < 4.78 is 0. The van der Waals surface area contributed by atoms with Gasteiger partial charge in [-0.05, 0) is 112 Å². The van der Waals surface area contributed by atoms with E-state index in [-0.39, 0.29) is 35.9 Å². The first kappa shape index (κ1) is 33.4. The Morgan fingerprint density at radius 1 is 1.00 bits per heavy atom. The molecular weight excluding hydrogens is 637 g/mol. The Morgan fingerprint density at radius 2 is 1.61 bits per heavy atom.